The number of rotatable bonds is 18. The van der Waals surface area contributed by atoms with Gasteiger partial charge in [0.15, 0.2) is 11.6 Å². The van der Waals surface area contributed by atoms with E-state index in [1.807, 2.05) is 64.4 Å². The second kappa shape index (κ2) is 21.4. The van der Waals surface area contributed by atoms with Crippen molar-refractivity contribution < 1.29 is 29.0 Å². The predicted molar refractivity (Wildman–Crippen MR) is 281 cm³/mol. The number of ether oxygens (including phenoxy) is 1. The van der Waals surface area contributed by atoms with Crippen LogP contribution in [0.3, 0.4) is 0 Å². The summed E-state index contributed by atoms with van der Waals surface area (Å²) in [5.74, 6) is 0.0458. The molecule has 3 saturated heterocycles. The van der Waals surface area contributed by atoms with Crippen molar-refractivity contribution in [2.24, 2.45) is 22.2 Å². The molecular formula is C57H72ClN7O6S. The molecule has 13 nitrogen and oxygen atoms in total. The van der Waals surface area contributed by atoms with E-state index in [1.54, 1.807) is 35.7 Å². The molecule has 72 heavy (non-hydrogen) atoms. The molecule has 2 unspecified atom stereocenters. The lowest BCUT2D eigenvalue weighted by molar-refractivity contribution is -0.196. The van der Waals surface area contributed by atoms with Crippen molar-refractivity contribution in [3.63, 3.8) is 0 Å². The zero-order chi connectivity index (χ0) is 51.9. The molecule has 4 aromatic rings. The molecule has 8 rings (SSSR count). The molecule has 4 aliphatic rings. The number of aromatic nitrogens is 2. The fourth-order valence-corrected chi connectivity index (χ4v) is 13.5. The summed E-state index contributed by atoms with van der Waals surface area (Å²) in [6.45, 7) is 21.2. The highest BCUT2D eigenvalue weighted by molar-refractivity contribution is 7.13. The van der Waals surface area contributed by atoms with Gasteiger partial charge in [0, 0.05) is 85.3 Å². The number of aryl methyl sites for hydroxylation is 2. The van der Waals surface area contributed by atoms with Crippen LogP contribution in [0.5, 0.6) is 5.75 Å². The number of aliphatic hydroxyl groups is 1. The molecule has 4 fully saturated rings. The Morgan fingerprint density at radius 1 is 0.986 bits per heavy atom. The summed E-state index contributed by atoms with van der Waals surface area (Å²) in [6.07, 6.45) is 5.26. The first kappa shape index (κ1) is 53.3. The van der Waals surface area contributed by atoms with Crippen molar-refractivity contribution in [3.05, 3.63) is 99.4 Å². The van der Waals surface area contributed by atoms with E-state index in [4.69, 9.17) is 21.3 Å². The van der Waals surface area contributed by atoms with Crippen molar-refractivity contribution in [2.45, 2.75) is 150 Å². The Kier molecular flexibility index (Phi) is 15.9. The number of hydrogen-bond acceptors (Lipinski definition) is 12. The average Bonchev–Trinajstić information content (AvgIpc) is 4.01. The molecular weight excluding hydrogens is 946 g/mol. The van der Waals surface area contributed by atoms with Gasteiger partial charge < -0.3 is 25.0 Å². The van der Waals surface area contributed by atoms with Gasteiger partial charge in [0.2, 0.25) is 11.8 Å². The number of ketones is 2. The summed E-state index contributed by atoms with van der Waals surface area (Å²) in [6, 6.07) is 18.1. The van der Waals surface area contributed by atoms with Crippen LogP contribution in [0.15, 0.2) is 66.3 Å². The Morgan fingerprint density at radius 3 is 2.28 bits per heavy atom. The summed E-state index contributed by atoms with van der Waals surface area (Å²) in [4.78, 5) is 72.4. The van der Waals surface area contributed by atoms with E-state index in [1.165, 1.54) is 4.90 Å². The number of amides is 2. The lowest BCUT2D eigenvalue weighted by Gasteiger charge is -2.63. The number of nitrogens with one attached hydrogen (secondary N) is 1. The van der Waals surface area contributed by atoms with E-state index in [-0.39, 0.29) is 90.2 Å². The van der Waals surface area contributed by atoms with E-state index >= 15 is 0 Å². The minimum atomic E-state index is -0.872. The standard InChI is InChI=1S/C57H72ClN7O6S/c1-34(36-12-14-37(15-13-36)51-35(2)61-33-72-51)23-48(68)46-24-43(66)31-65(46)53(70)52(55(3,4)5)62-50(69)32-64-41-19-20-42(64)30-63(29-41)22-10-11-40-18-16-39(28-60-40)47(67)26-49-56(6,7)54(57(49,8)9)71-44-21-17-38(27-59)45(58)25-44/h12-18,21,25,28,33-34,41-43,46,49,52,54,66H,10-11,19-20,22-24,26,29-32H2,1-9H3,(H,62,69)/t34-,41?,42?,43-,46+,49?,52-,54?/m1/s1. The number of halogens is 1. The van der Waals surface area contributed by atoms with Gasteiger partial charge in [0.1, 0.15) is 24.0 Å². The second-order valence-electron chi connectivity index (χ2n) is 23.3. The third-order valence-corrected chi connectivity index (χ3v) is 17.6. The molecule has 3 aliphatic heterocycles. The molecule has 2 N–H and O–H groups in total. The fourth-order valence-electron chi connectivity index (χ4n) is 12.5. The average molecular weight is 1020 g/mol. The number of hydrogen-bond donors (Lipinski definition) is 2. The largest absolute Gasteiger partial charge is 0.489 e. The smallest absolute Gasteiger partial charge is 0.246 e. The highest BCUT2D eigenvalue weighted by Gasteiger charge is 2.63. The number of aliphatic hydroxyl groups excluding tert-OH is 1. The maximum atomic E-state index is 14.4. The lowest BCUT2D eigenvalue weighted by atomic mass is 9.44. The number of pyridine rings is 1. The SMILES string of the molecule is Cc1ncsc1-c1ccc([C@H](C)CC(=O)[C@@H]2C[C@@H](O)CN2C(=O)[C@@H](NC(=O)CN2C3CCC2CN(CCCc2ccc(C(=O)CC4C(C)(C)C(Oc5ccc(C#N)c(Cl)c5)C4(C)C)cn2)C3)C(C)(C)C)cc1. The molecule has 1 aliphatic carbocycles. The summed E-state index contributed by atoms with van der Waals surface area (Å²) in [7, 11) is 0. The first-order valence-corrected chi connectivity index (χ1v) is 26.9. The third-order valence-electron chi connectivity index (χ3n) is 16.3. The number of nitriles is 1. The van der Waals surface area contributed by atoms with Crippen molar-refractivity contribution in [1.82, 2.24) is 30.0 Å². The monoisotopic (exact) mass is 1020 g/mol. The van der Waals surface area contributed by atoms with Crippen LogP contribution in [0.2, 0.25) is 5.02 Å². The number of nitrogens with zero attached hydrogens (tertiary/aromatic N) is 6. The van der Waals surface area contributed by atoms with Crippen molar-refractivity contribution in [3.8, 4) is 22.3 Å². The van der Waals surface area contributed by atoms with Crippen LogP contribution in [0.4, 0.5) is 0 Å². The summed E-state index contributed by atoms with van der Waals surface area (Å²) in [5, 5.41) is 23.5. The van der Waals surface area contributed by atoms with Crippen LogP contribution in [-0.2, 0) is 20.8 Å². The summed E-state index contributed by atoms with van der Waals surface area (Å²) < 4.78 is 6.43. The van der Waals surface area contributed by atoms with E-state index in [0.29, 0.717) is 28.3 Å². The summed E-state index contributed by atoms with van der Waals surface area (Å²) >= 11 is 7.88. The molecule has 384 valence electrons. The van der Waals surface area contributed by atoms with Gasteiger partial charge in [0.05, 0.1) is 45.4 Å². The van der Waals surface area contributed by atoms with E-state index in [2.05, 4.69) is 66.0 Å². The number of carbonyl (C=O) groups is 4. The van der Waals surface area contributed by atoms with E-state index in [0.717, 1.165) is 72.7 Å². The molecule has 1 saturated carbocycles. The number of piperazine rings is 1. The number of likely N-dealkylation sites (tertiary alicyclic amines) is 2. The van der Waals surface area contributed by atoms with Crippen molar-refractivity contribution >= 4 is 46.3 Å². The zero-order valence-electron chi connectivity index (χ0n) is 43.4. The van der Waals surface area contributed by atoms with Crippen LogP contribution in [0, 0.1) is 40.4 Å². The van der Waals surface area contributed by atoms with Crippen LogP contribution >= 0.6 is 22.9 Å². The highest BCUT2D eigenvalue weighted by atomic mass is 35.5. The van der Waals surface area contributed by atoms with Gasteiger partial charge in [-0.1, -0.05) is 91.3 Å². The maximum absolute atomic E-state index is 14.4. The van der Waals surface area contributed by atoms with Crippen molar-refractivity contribution in [2.75, 3.05) is 32.7 Å². The van der Waals surface area contributed by atoms with Gasteiger partial charge in [-0.3, -0.25) is 29.1 Å². The maximum Gasteiger partial charge on any atom is 0.246 e. The molecule has 2 amide bonds. The summed E-state index contributed by atoms with van der Waals surface area (Å²) in [5.41, 5.74) is 5.71. The number of fused-ring (bicyclic) bond motifs is 2. The second-order valence-corrected chi connectivity index (χ2v) is 24.5. The zero-order valence-corrected chi connectivity index (χ0v) is 45.0. The van der Waals surface area contributed by atoms with Gasteiger partial charge in [-0.2, -0.15) is 5.26 Å². The molecule has 2 bridgehead atoms. The van der Waals surface area contributed by atoms with Gasteiger partial charge in [-0.05, 0) is 91.8 Å². The van der Waals surface area contributed by atoms with Gasteiger partial charge in [-0.25, -0.2) is 4.98 Å². The van der Waals surface area contributed by atoms with Crippen LogP contribution in [-0.4, -0.2) is 122 Å². The van der Waals surface area contributed by atoms with Crippen LogP contribution in [0.1, 0.15) is 133 Å². The lowest BCUT2D eigenvalue weighted by Crippen LogP contribution is -2.66. The number of thiazole rings is 1. The molecule has 2 aromatic carbocycles. The minimum absolute atomic E-state index is 0.0536. The predicted octanol–water partition coefficient (Wildman–Crippen LogP) is 9.08. The first-order valence-electron chi connectivity index (χ1n) is 25.7. The normalized spacial score (nSPS) is 24.5. The Bertz CT molecular complexity index is 2640. The fraction of sp³-hybridized carbons (Fsp3) is 0.561. The minimum Gasteiger partial charge on any atom is -0.489 e. The van der Waals surface area contributed by atoms with E-state index in [9.17, 15) is 29.5 Å². The molecule has 15 heteroatoms. The molecule has 6 atom stereocenters. The number of β-amino-alcohol motifs (C(OH)–C–C–N with tert-alkyl or cyclic N) is 1. The van der Waals surface area contributed by atoms with Gasteiger partial charge in [-0.15, -0.1) is 11.3 Å². The topological polar surface area (TPSA) is 169 Å². The third kappa shape index (κ3) is 11.4. The molecule has 2 aromatic heterocycles. The number of Topliss-reactive ketones (excluding diaryl/α,β-unsaturated/α-hetero) is 2. The molecule has 5 heterocycles. The quantitative estimate of drug-likeness (QED) is 0.0913. The van der Waals surface area contributed by atoms with Gasteiger partial charge >= 0.3 is 0 Å². The highest BCUT2D eigenvalue weighted by Crippen LogP contribution is 2.62. The van der Waals surface area contributed by atoms with Crippen LogP contribution in [0.25, 0.3) is 10.4 Å². The Balaban J connectivity index is 0.790. The molecule has 0 radical (unpaired) electrons. The Hall–Kier alpha value is -5.04. The number of benzene rings is 2. The van der Waals surface area contributed by atoms with Gasteiger partial charge in [0.25, 0.3) is 0 Å². The number of carbonyl (C=O) groups excluding carboxylic acids is 4. The molecule has 0 spiro atoms. The Labute approximate surface area is 434 Å². The van der Waals surface area contributed by atoms with Crippen molar-refractivity contribution in [1.29, 1.82) is 5.26 Å². The van der Waals surface area contributed by atoms with Crippen LogP contribution < -0.4 is 10.1 Å². The Morgan fingerprint density at radius 2 is 1.68 bits per heavy atom. The van der Waals surface area contributed by atoms with E-state index < -0.39 is 23.6 Å². The first-order chi connectivity index (χ1) is 34.0.